The van der Waals surface area contributed by atoms with Crippen molar-refractivity contribution in [3.8, 4) is 0 Å². The molecule has 0 amide bonds. The third-order valence-corrected chi connectivity index (χ3v) is 2.67. The van der Waals surface area contributed by atoms with Crippen LogP contribution >= 0.6 is 23.2 Å². The molecular weight excluding hydrogens is 179 g/mol. The molecule has 0 aliphatic carbocycles. The average molecular weight is 196 g/mol. The van der Waals surface area contributed by atoms with Gasteiger partial charge in [0.15, 0.2) is 0 Å². The maximum atomic E-state index is 5.78. The van der Waals surface area contributed by atoms with E-state index in [0.717, 1.165) is 12.3 Å². The smallest absolute Gasteiger partial charge is 0.0251 e. The molecule has 2 atom stereocenters. The SMILES string of the molecule is [CH2]C(CCl)CC(CCl)CCC. The van der Waals surface area contributed by atoms with Gasteiger partial charge in [-0.05, 0) is 31.6 Å². The molecule has 1 radical (unpaired) electrons. The molecule has 0 spiro atoms. The molecule has 0 aromatic carbocycles. The summed E-state index contributed by atoms with van der Waals surface area (Å²) in [5, 5.41) is 0. The van der Waals surface area contributed by atoms with Crippen LogP contribution in [0.5, 0.6) is 0 Å². The van der Waals surface area contributed by atoms with Crippen LogP contribution in [0.3, 0.4) is 0 Å². The number of alkyl halides is 2. The fourth-order valence-electron chi connectivity index (χ4n) is 1.20. The van der Waals surface area contributed by atoms with E-state index in [1.54, 1.807) is 0 Å². The van der Waals surface area contributed by atoms with Gasteiger partial charge in [-0.15, -0.1) is 23.2 Å². The van der Waals surface area contributed by atoms with Crippen LogP contribution in [0.2, 0.25) is 0 Å². The van der Waals surface area contributed by atoms with Crippen LogP contribution in [-0.2, 0) is 0 Å². The van der Waals surface area contributed by atoms with E-state index in [1.807, 2.05) is 0 Å². The fraction of sp³-hybridized carbons (Fsp3) is 0.889. The summed E-state index contributed by atoms with van der Waals surface area (Å²) in [5.74, 6) is 2.38. The van der Waals surface area contributed by atoms with Crippen molar-refractivity contribution < 1.29 is 0 Å². The third-order valence-electron chi connectivity index (χ3n) is 1.80. The molecule has 2 heteroatoms. The van der Waals surface area contributed by atoms with Gasteiger partial charge in [0.25, 0.3) is 0 Å². The second kappa shape index (κ2) is 7.24. The minimum atomic E-state index is 0.368. The molecule has 0 aliphatic heterocycles. The minimum absolute atomic E-state index is 0.368. The van der Waals surface area contributed by atoms with Gasteiger partial charge in [-0.25, -0.2) is 0 Å². The third kappa shape index (κ3) is 5.81. The normalized spacial score (nSPS) is 16.4. The molecule has 0 rings (SSSR count). The van der Waals surface area contributed by atoms with Gasteiger partial charge >= 0.3 is 0 Å². The minimum Gasteiger partial charge on any atom is -0.126 e. The maximum absolute atomic E-state index is 5.78. The molecule has 0 heterocycles. The Bertz CT molecular complexity index is 83.6. The van der Waals surface area contributed by atoms with Crippen LogP contribution in [-0.4, -0.2) is 11.8 Å². The quantitative estimate of drug-likeness (QED) is 0.568. The van der Waals surface area contributed by atoms with E-state index >= 15 is 0 Å². The van der Waals surface area contributed by atoms with Gasteiger partial charge in [-0.2, -0.15) is 0 Å². The molecule has 0 saturated carbocycles. The van der Waals surface area contributed by atoms with Gasteiger partial charge in [0, 0.05) is 11.8 Å². The topological polar surface area (TPSA) is 0 Å². The van der Waals surface area contributed by atoms with E-state index in [1.165, 1.54) is 12.8 Å². The average Bonchev–Trinajstić information content (AvgIpc) is 2.03. The Balaban J connectivity index is 3.49. The molecule has 11 heavy (non-hydrogen) atoms. The monoisotopic (exact) mass is 195 g/mol. The Morgan fingerprint density at radius 1 is 1.27 bits per heavy atom. The zero-order valence-electron chi connectivity index (χ0n) is 7.15. The fourth-order valence-corrected chi connectivity index (χ4v) is 1.61. The highest BCUT2D eigenvalue weighted by Gasteiger charge is 2.10. The van der Waals surface area contributed by atoms with Gasteiger partial charge < -0.3 is 0 Å². The molecular formula is C9H17Cl2. The maximum Gasteiger partial charge on any atom is 0.0251 e. The van der Waals surface area contributed by atoms with Crippen LogP contribution in [0.25, 0.3) is 0 Å². The van der Waals surface area contributed by atoms with Crippen molar-refractivity contribution in [2.75, 3.05) is 11.8 Å². The van der Waals surface area contributed by atoms with Crippen LogP contribution < -0.4 is 0 Å². The van der Waals surface area contributed by atoms with Gasteiger partial charge in [0.1, 0.15) is 0 Å². The molecule has 2 unspecified atom stereocenters. The summed E-state index contributed by atoms with van der Waals surface area (Å²) in [7, 11) is 0. The van der Waals surface area contributed by atoms with Crippen LogP contribution in [0.15, 0.2) is 0 Å². The molecule has 0 N–H and O–H groups in total. The summed E-state index contributed by atoms with van der Waals surface area (Å²) in [6.07, 6.45) is 3.47. The summed E-state index contributed by atoms with van der Waals surface area (Å²) in [5.41, 5.74) is 0. The largest absolute Gasteiger partial charge is 0.126 e. The van der Waals surface area contributed by atoms with E-state index in [4.69, 9.17) is 23.2 Å². The Kier molecular flexibility index (Phi) is 7.62. The predicted molar refractivity (Wildman–Crippen MR) is 53.3 cm³/mol. The van der Waals surface area contributed by atoms with Crippen molar-refractivity contribution in [2.45, 2.75) is 26.2 Å². The zero-order chi connectivity index (χ0) is 8.69. The molecule has 67 valence electrons. The van der Waals surface area contributed by atoms with Gasteiger partial charge in [-0.3, -0.25) is 0 Å². The number of hydrogen-bond acceptors (Lipinski definition) is 0. The Hall–Kier alpha value is 0.580. The number of halogens is 2. The Morgan fingerprint density at radius 2 is 1.91 bits per heavy atom. The first kappa shape index (κ1) is 11.6. The first-order chi connectivity index (χ1) is 5.24. The standard InChI is InChI=1S/C9H17Cl2/c1-3-4-9(7-11)5-8(2)6-10/h8-9H,2-7H2,1H3. The lowest BCUT2D eigenvalue weighted by Crippen LogP contribution is -2.09. The van der Waals surface area contributed by atoms with Crippen LogP contribution in [0, 0.1) is 18.8 Å². The first-order valence-corrected chi connectivity index (χ1v) is 5.26. The van der Waals surface area contributed by atoms with E-state index in [9.17, 15) is 0 Å². The van der Waals surface area contributed by atoms with Crippen molar-refractivity contribution >= 4 is 23.2 Å². The lowest BCUT2D eigenvalue weighted by Gasteiger charge is -2.15. The molecule has 0 fully saturated rings. The molecule has 0 nitrogen and oxygen atoms in total. The highest BCUT2D eigenvalue weighted by Crippen LogP contribution is 2.19. The molecule has 0 aliphatic rings. The summed E-state index contributed by atoms with van der Waals surface area (Å²) in [6, 6.07) is 0. The molecule has 0 aromatic heterocycles. The van der Waals surface area contributed by atoms with E-state index < -0.39 is 0 Å². The summed E-state index contributed by atoms with van der Waals surface area (Å²) < 4.78 is 0. The van der Waals surface area contributed by atoms with Crippen molar-refractivity contribution in [2.24, 2.45) is 11.8 Å². The number of hydrogen-bond donors (Lipinski definition) is 0. The van der Waals surface area contributed by atoms with Crippen molar-refractivity contribution in [3.05, 3.63) is 6.92 Å². The van der Waals surface area contributed by atoms with Crippen molar-refractivity contribution in [1.82, 2.24) is 0 Å². The Labute approximate surface area is 80.3 Å². The lowest BCUT2D eigenvalue weighted by molar-refractivity contribution is 0.439. The van der Waals surface area contributed by atoms with Crippen molar-refractivity contribution in [3.63, 3.8) is 0 Å². The van der Waals surface area contributed by atoms with Crippen LogP contribution in [0.4, 0.5) is 0 Å². The zero-order valence-corrected chi connectivity index (χ0v) is 8.67. The van der Waals surface area contributed by atoms with Crippen molar-refractivity contribution in [1.29, 1.82) is 0 Å². The lowest BCUT2D eigenvalue weighted by atomic mass is 9.95. The highest BCUT2D eigenvalue weighted by molar-refractivity contribution is 6.18. The highest BCUT2D eigenvalue weighted by atomic mass is 35.5. The predicted octanol–water partition coefficient (Wildman–Crippen LogP) is 3.72. The van der Waals surface area contributed by atoms with E-state index in [-0.39, 0.29) is 0 Å². The van der Waals surface area contributed by atoms with Gasteiger partial charge in [0.05, 0.1) is 0 Å². The van der Waals surface area contributed by atoms with E-state index in [0.29, 0.717) is 17.7 Å². The van der Waals surface area contributed by atoms with E-state index in [2.05, 4.69) is 13.8 Å². The molecule has 0 aromatic rings. The van der Waals surface area contributed by atoms with Gasteiger partial charge in [0.2, 0.25) is 0 Å². The summed E-state index contributed by atoms with van der Waals surface area (Å²) >= 11 is 11.4. The second-order valence-electron chi connectivity index (χ2n) is 3.07. The number of rotatable bonds is 6. The summed E-state index contributed by atoms with van der Waals surface area (Å²) in [6.45, 7) is 6.11. The Morgan fingerprint density at radius 3 is 2.27 bits per heavy atom. The second-order valence-corrected chi connectivity index (χ2v) is 3.68. The van der Waals surface area contributed by atoms with Gasteiger partial charge in [-0.1, -0.05) is 13.3 Å². The molecule has 0 saturated heterocycles. The molecule has 0 bridgehead atoms. The first-order valence-electron chi connectivity index (χ1n) is 4.19. The summed E-state index contributed by atoms with van der Waals surface area (Å²) in [4.78, 5) is 0. The van der Waals surface area contributed by atoms with Crippen LogP contribution in [0.1, 0.15) is 26.2 Å².